The Morgan fingerprint density at radius 3 is 2.07 bits per heavy atom. The minimum atomic E-state index is 0.722. The lowest BCUT2D eigenvalue weighted by Gasteiger charge is -2.06. The molecule has 0 aliphatic heterocycles. The minimum Gasteiger partial charge on any atom is -0.0828 e. The first-order valence-electron chi connectivity index (χ1n) is 6.90. The zero-order chi connectivity index (χ0) is 11.5. The van der Waals surface area contributed by atoms with Crippen LogP contribution in [0.3, 0.4) is 0 Å². The lowest BCUT2D eigenvalue weighted by molar-refractivity contribution is 0.601. The van der Waals surface area contributed by atoms with Gasteiger partial charge in [-0.05, 0) is 25.2 Å². The lowest BCUT2D eigenvalue weighted by atomic mass is 10.0. The van der Waals surface area contributed by atoms with Gasteiger partial charge in [-0.15, -0.1) is 0 Å². The van der Waals surface area contributed by atoms with E-state index in [1.807, 2.05) is 0 Å². The maximum atomic E-state index is 2.45. The molecule has 0 N–H and O–H groups in total. The molecule has 0 bridgehead atoms. The molecule has 0 fully saturated rings. The van der Waals surface area contributed by atoms with E-state index in [2.05, 4.69) is 33.8 Å². The quantitative estimate of drug-likeness (QED) is 0.337. The Morgan fingerprint density at radius 1 is 0.933 bits per heavy atom. The average molecular weight is 210 g/mol. The monoisotopic (exact) mass is 210 g/mol. The van der Waals surface area contributed by atoms with Gasteiger partial charge in [0.15, 0.2) is 0 Å². The average Bonchev–Trinajstić information content (AvgIpc) is 2.20. The van der Waals surface area contributed by atoms with Gasteiger partial charge in [0.25, 0.3) is 0 Å². The summed E-state index contributed by atoms with van der Waals surface area (Å²) in [6.45, 7) is 9.11. The Kier molecular flexibility index (Phi) is 10.1. The molecule has 0 aromatic rings. The molecule has 0 rings (SSSR count). The van der Waals surface area contributed by atoms with Crippen LogP contribution in [0, 0.1) is 5.92 Å². The number of unbranched alkanes of at least 4 members (excludes halogenated alkanes) is 5. The van der Waals surface area contributed by atoms with Crippen LogP contribution in [-0.4, -0.2) is 0 Å². The minimum absolute atomic E-state index is 0.722. The molecule has 15 heavy (non-hydrogen) atoms. The molecular weight excluding hydrogens is 180 g/mol. The highest BCUT2D eigenvalue weighted by molar-refractivity contribution is 5.02. The smallest absolute Gasteiger partial charge is 0.0288 e. The molecule has 0 saturated carbocycles. The van der Waals surface area contributed by atoms with Crippen molar-refractivity contribution in [2.24, 2.45) is 5.92 Å². The summed E-state index contributed by atoms with van der Waals surface area (Å²) < 4.78 is 0. The van der Waals surface area contributed by atoms with Gasteiger partial charge in [0.05, 0.1) is 0 Å². The topological polar surface area (TPSA) is 0 Å². The van der Waals surface area contributed by atoms with E-state index in [-0.39, 0.29) is 0 Å². The summed E-state index contributed by atoms with van der Waals surface area (Å²) >= 11 is 0. The SMILES string of the molecule is CCCCCCCCC(=CC(C)C)CC. The van der Waals surface area contributed by atoms with Crippen molar-refractivity contribution in [3.8, 4) is 0 Å². The van der Waals surface area contributed by atoms with Crippen molar-refractivity contribution in [3.05, 3.63) is 11.6 Å². The van der Waals surface area contributed by atoms with Crippen LogP contribution in [0.5, 0.6) is 0 Å². The van der Waals surface area contributed by atoms with Crippen molar-refractivity contribution in [1.29, 1.82) is 0 Å². The molecule has 0 heteroatoms. The summed E-state index contributed by atoms with van der Waals surface area (Å²) in [6.07, 6.45) is 13.5. The van der Waals surface area contributed by atoms with E-state index < -0.39 is 0 Å². The summed E-state index contributed by atoms with van der Waals surface area (Å²) in [5.74, 6) is 0.722. The Hall–Kier alpha value is -0.260. The van der Waals surface area contributed by atoms with E-state index >= 15 is 0 Å². The Labute approximate surface area is 97.2 Å². The number of hydrogen-bond acceptors (Lipinski definition) is 0. The fourth-order valence-electron chi connectivity index (χ4n) is 1.98. The van der Waals surface area contributed by atoms with Gasteiger partial charge >= 0.3 is 0 Å². The fraction of sp³-hybridized carbons (Fsp3) is 0.867. The van der Waals surface area contributed by atoms with Gasteiger partial charge in [-0.2, -0.15) is 0 Å². The summed E-state index contributed by atoms with van der Waals surface area (Å²) in [5, 5.41) is 0. The number of allylic oxidation sites excluding steroid dienone is 2. The summed E-state index contributed by atoms with van der Waals surface area (Å²) in [4.78, 5) is 0. The van der Waals surface area contributed by atoms with Crippen molar-refractivity contribution in [1.82, 2.24) is 0 Å². The largest absolute Gasteiger partial charge is 0.0828 e. The normalized spacial score (nSPS) is 12.5. The maximum Gasteiger partial charge on any atom is -0.0288 e. The van der Waals surface area contributed by atoms with Crippen LogP contribution in [0.25, 0.3) is 0 Å². The van der Waals surface area contributed by atoms with E-state index in [1.54, 1.807) is 5.57 Å². The van der Waals surface area contributed by atoms with Gasteiger partial charge in [-0.3, -0.25) is 0 Å². The van der Waals surface area contributed by atoms with Gasteiger partial charge in [0, 0.05) is 0 Å². The van der Waals surface area contributed by atoms with Crippen molar-refractivity contribution < 1.29 is 0 Å². The summed E-state index contributed by atoms with van der Waals surface area (Å²) in [7, 11) is 0. The van der Waals surface area contributed by atoms with E-state index in [9.17, 15) is 0 Å². The lowest BCUT2D eigenvalue weighted by Crippen LogP contribution is -1.88. The van der Waals surface area contributed by atoms with E-state index in [0.717, 1.165) is 5.92 Å². The standard InChI is InChI=1S/C15H30/c1-5-7-8-9-10-11-12-15(6-2)13-14(3)4/h13-14H,5-12H2,1-4H3. The highest BCUT2D eigenvalue weighted by Gasteiger charge is 1.97. The zero-order valence-corrected chi connectivity index (χ0v) is 11.3. The number of rotatable bonds is 9. The third kappa shape index (κ3) is 10.0. The molecular formula is C15H30. The first kappa shape index (κ1) is 14.7. The van der Waals surface area contributed by atoms with Crippen LogP contribution in [0.4, 0.5) is 0 Å². The Morgan fingerprint density at radius 2 is 1.53 bits per heavy atom. The Balaban J connectivity index is 3.47. The first-order chi connectivity index (χ1) is 7.20. The zero-order valence-electron chi connectivity index (χ0n) is 11.3. The molecule has 0 amide bonds. The van der Waals surface area contributed by atoms with Gasteiger partial charge < -0.3 is 0 Å². The van der Waals surface area contributed by atoms with E-state index in [1.165, 1.54) is 51.4 Å². The van der Waals surface area contributed by atoms with E-state index in [0.29, 0.717) is 0 Å². The maximum absolute atomic E-state index is 2.45. The fourth-order valence-corrected chi connectivity index (χ4v) is 1.98. The highest BCUT2D eigenvalue weighted by Crippen LogP contribution is 2.16. The third-order valence-corrected chi connectivity index (χ3v) is 2.87. The predicted octanol–water partition coefficient (Wildman–Crippen LogP) is 5.73. The molecule has 0 atom stereocenters. The molecule has 0 heterocycles. The summed E-state index contributed by atoms with van der Waals surface area (Å²) in [6, 6.07) is 0. The summed E-state index contributed by atoms with van der Waals surface area (Å²) in [5.41, 5.74) is 1.67. The molecule has 0 aliphatic carbocycles. The van der Waals surface area contributed by atoms with Crippen LogP contribution in [0.1, 0.15) is 79.1 Å². The van der Waals surface area contributed by atoms with Crippen molar-refractivity contribution in [2.75, 3.05) is 0 Å². The van der Waals surface area contributed by atoms with Crippen molar-refractivity contribution >= 4 is 0 Å². The molecule has 0 spiro atoms. The van der Waals surface area contributed by atoms with Gasteiger partial charge in [-0.1, -0.05) is 71.4 Å². The molecule has 90 valence electrons. The van der Waals surface area contributed by atoms with Crippen LogP contribution in [0.15, 0.2) is 11.6 Å². The molecule has 0 nitrogen and oxygen atoms in total. The van der Waals surface area contributed by atoms with Crippen molar-refractivity contribution in [2.45, 2.75) is 79.1 Å². The van der Waals surface area contributed by atoms with Crippen LogP contribution >= 0.6 is 0 Å². The highest BCUT2D eigenvalue weighted by atomic mass is 14.0. The van der Waals surface area contributed by atoms with Gasteiger partial charge in [-0.25, -0.2) is 0 Å². The first-order valence-corrected chi connectivity index (χ1v) is 6.90. The molecule has 0 unspecified atom stereocenters. The van der Waals surface area contributed by atoms with Crippen molar-refractivity contribution in [3.63, 3.8) is 0 Å². The second-order valence-corrected chi connectivity index (χ2v) is 4.94. The molecule has 0 aromatic carbocycles. The predicted molar refractivity (Wildman–Crippen MR) is 71.2 cm³/mol. The van der Waals surface area contributed by atoms with Crippen LogP contribution in [-0.2, 0) is 0 Å². The molecule has 0 aliphatic rings. The van der Waals surface area contributed by atoms with Gasteiger partial charge in [0.2, 0.25) is 0 Å². The van der Waals surface area contributed by atoms with E-state index in [4.69, 9.17) is 0 Å². The van der Waals surface area contributed by atoms with Crippen LogP contribution < -0.4 is 0 Å². The molecule has 0 radical (unpaired) electrons. The number of hydrogen-bond donors (Lipinski definition) is 0. The molecule has 0 saturated heterocycles. The van der Waals surface area contributed by atoms with Gasteiger partial charge in [0.1, 0.15) is 0 Å². The molecule has 0 aromatic heterocycles. The second kappa shape index (κ2) is 10.3. The third-order valence-electron chi connectivity index (χ3n) is 2.87. The second-order valence-electron chi connectivity index (χ2n) is 4.94. The van der Waals surface area contributed by atoms with Crippen LogP contribution in [0.2, 0.25) is 0 Å². The Bertz CT molecular complexity index is 153.